The monoisotopic (exact) mass is 612 g/mol. The molecule has 1 fully saturated rings. The summed E-state index contributed by atoms with van der Waals surface area (Å²) in [5.74, 6) is 0.276. The van der Waals surface area contributed by atoms with E-state index in [9.17, 15) is 26.4 Å². The molecular weight excluding hydrogens is 581 g/mol. The Labute approximate surface area is 243 Å². The molecule has 0 saturated carbocycles. The third-order valence-electron chi connectivity index (χ3n) is 6.47. The Bertz CT molecular complexity index is 1370. The summed E-state index contributed by atoms with van der Waals surface area (Å²) in [5, 5.41) is 2.77. The fourth-order valence-corrected chi connectivity index (χ4v) is 5.38. The van der Waals surface area contributed by atoms with Gasteiger partial charge in [-0.25, -0.2) is 4.79 Å². The molecule has 0 unspecified atom stereocenters. The number of rotatable bonds is 7. The number of carbonyl (C=O) groups excluding carboxylic acids is 1. The van der Waals surface area contributed by atoms with E-state index in [1.165, 1.54) is 35.9 Å². The molecule has 3 aromatic rings. The summed E-state index contributed by atoms with van der Waals surface area (Å²) >= 11 is 5.77. The number of hydrogen-bond donors (Lipinski definition) is 2. The zero-order chi connectivity index (χ0) is 30.0. The van der Waals surface area contributed by atoms with E-state index < -0.39 is 28.5 Å². The van der Waals surface area contributed by atoms with Gasteiger partial charge in [-0.2, -0.15) is 21.6 Å². The van der Waals surface area contributed by atoms with Crippen molar-refractivity contribution in [2.45, 2.75) is 43.4 Å². The summed E-state index contributed by atoms with van der Waals surface area (Å²) in [6.45, 7) is 2.36. The average molecular weight is 613 g/mol. The Morgan fingerprint density at radius 1 is 1.07 bits per heavy atom. The first-order valence-electron chi connectivity index (χ1n) is 12.9. The summed E-state index contributed by atoms with van der Waals surface area (Å²) < 4.78 is 75.2. The van der Waals surface area contributed by atoms with E-state index in [0.717, 1.165) is 19.3 Å². The van der Waals surface area contributed by atoms with Gasteiger partial charge in [0.2, 0.25) is 6.10 Å². The molecule has 222 valence electrons. The maximum absolute atomic E-state index is 13.5. The number of aryl methyl sites for hydroxylation is 1. The van der Waals surface area contributed by atoms with E-state index >= 15 is 0 Å². The van der Waals surface area contributed by atoms with Crippen LogP contribution in [-0.2, 0) is 21.3 Å². The molecule has 1 aliphatic heterocycles. The molecule has 1 saturated heterocycles. The molecule has 2 N–H and O–H groups in total. The van der Waals surface area contributed by atoms with Crippen molar-refractivity contribution >= 4 is 33.5 Å². The predicted octanol–water partition coefficient (Wildman–Crippen LogP) is 7.02. The first-order valence-corrected chi connectivity index (χ1v) is 14.7. The van der Waals surface area contributed by atoms with Crippen molar-refractivity contribution in [3.05, 3.63) is 95.0 Å². The lowest BCUT2D eigenvalue weighted by molar-refractivity contribution is -0.207. The number of hydrogen-bond acceptors (Lipinski definition) is 5. The van der Waals surface area contributed by atoms with Gasteiger partial charge in [0, 0.05) is 23.8 Å². The zero-order valence-electron chi connectivity index (χ0n) is 22.4. The minimum Gasteiger partial charge on any atom is -0.435 e. The summed E-state index contributed by atoms with van der Waals surface area (Å²) in [5.41, 5.74) is 2.04. The Kier molecular flexibility index (Phi) is 11.6. The minimum atomic E-state index is -4.65. The van der Waals surface area contributed by atoms with Crippen LogP contribution in [0.1, 0.15) is 24.0 Å². The van der Waals surface area contributed by atoms with Crippen molar-refractivity contribution < 1.29 is 35.7 Å². The van der Waals surface area contributed by atoms with Crippen molar-refractivity contribution in [1.82, 2.24) is 4.90 Å². The van der Waals surface area contributed by atoms with Crippen LogP contribution in [0.3, 0.4) is 0 Å². The number of anilines is 1. The first kappa shape index (κ1) is 32.4. The molecule has 4 rings (SSSR count). The number of nitrogens with zero attached hydrogens (tertiary/aromatic N) is 1. The predicted molar refractivity (Wildman–Crippen MR) is 152 cm³/mol. The Balaban J connectivity index is 0.000000352. The molecule has 12 heteroatoms. The van der Waals surface area contributed by atoms with Crippen molar-refractivity contribution in [1.29, 1.82) is 0 Å². The van der Waals surface area contributed by atoms with Crippen LogP contribution in [0.15, 0.2) is 83.8 Å². The number of nitrogens with one attached hydrogen (secondary N) is 1. The topological polar surface area (TPSA) is 95.9 Å². The van der Waals surface area contributed by atoms with Gasteiger partial charge in [0.15, 0.2) is 0 Å². The largest absolute Gasteiger partial charge is 0.435 e. The maximum atomic E-state index is 13.5. The highest BCUT2D eigenvalue weighted by atomic mass is 35.5. The van der Waals surface area contributed by atoms with Crippen LogP contribution in [0, 0.1) is 12.8 Å². The molecule has 1 heterocycles. The third-order valence-corrected chi connectivity index (χ3v) is 7.74. The second-order valence-electron chi connectivity index (χ2n) is 9.77. The van der Waals surface area contributed by atoms with Crippen LogP contribution in [0.2, 0.25) is 5.02 Å². The number of ether oxygens (including phenoxy) is 1. The van der Waals surface area contributed by atoms with Crippen molar-refractivity contribution in [3.63, 3.8) is 0 Å². The number of carbonyl (C=O) groups is 1. The molecule has 1 amide bonds. The van der Waals surface area contributed by atoms with E-state index in [0.29, 0.717) is 29.4 Å². The molecule has 41 heavy (non-hydrogen) atoms. The highest BCUT2D eigenvalue weighted by molar-refractivity contribution is 7.85. The van der Waals surface area contributed by atoms with Crippen molar-refractivity contribution in [2.75, 3.05) is 25.0 Å². The van der Waals surface area contributed by atoms with Crippen LogP contribution in [0.25, 0.3) is 0 Å². The van der Waals surface area contributed by atoms with E-state index in [4.69, 9.17) is 20.9 Å². The molecule has 0 bridgehead atoms. The van der Waals surface area contributed by atoms with Crippen LogP contribution >= 0.6 is 11.6 Å². The summed E-state index contributed by atoms with van der Waals surface area (Å²) in [6.07, 6.45) is -5.37. The molecule has 7 nitrogen and oxygen atoms in total. The van der Waals surface area contributed by atoms with Crippen LogP contribution < -0.4 is 5.32 Å². The van der Waals surface area contributed by atoms with Crippen LogP contribution in [-0.4, -0.2) is 55.9 Å². The number of piperidine rings is 1. The van der Waals surface area contributed by atoms with Gasteiger partial charge in [-0.3, -0.25) is 14.8 Å². The van der Waals surface area contributed by atoms with Crippen molar-refractivity contribution in [3.8, 4) is 0 Å². The number of amides is 1. The van der Waals surface area contributed by atoms with Gasteiger partial charge in [0.25, 0.3) is 10.1 Å². The first-order chi connectivity index (χ1) is 19.3. The summed E-state index contributed by atoms with van der Waals surface area (Å²) in [7, 11) is -4.03. The van der Waals surface area contributed by atoms with E-state index in [2.05, 4.69) is 5.32 Å². The normalized spacial score (nSPS) is 16.7. The maximum Gasteiger partial charge on any atom is 0.426 e. The smallest absolute Gasteiger partial charge is 0.426 e. The molecule has 3 aromatic carbocycles. The lowest BCUT2D eigenvalue weighted by atomic mass is 9.91. The Morgan fingerprint density at radius 3 is 2.29 bits per heavy atom. The average Bonchev–Trinajstić information content (AvgIpc) is 2.90. The van der Waals surface area contributed by atoms with Gasteiger partial charge in [-0.1, -0.05) is 60.1 Å². The second-order valence-corrected chi connectivity index (χ2v) is 11.6. The number of benzene rings is 3. The van der Waals surface area contributed by atoms with Gasteiger partial charge in [-0.15, -0.1) is 0 Å². The second kappa shape index (κ2) is 14.7. The Morgan fingerprint density at radius 2 is 1.71 bits per heavy atom. The lowest BCUT2D eigenvalue weighted by Gasteiger charge is -2.35. The van der Waals surface area contributed by atoms with E-state index in [1.54, 1.807) is 30.0 Å². The molecule has 1 aliphatic rings. The van der Waals surface area contributed by atoms with E-state index in [1.807, 2.05) is 30.3 Å². The lowest BCUT2D eigenvalue weighted by Crippen LogP contribution is -2.47. The van der Waals surface area contributed by atoms with Gasteiger partial charge in [-0.05, 0) is 80.1 Å². The van der Waals surface area contributed by atoms with Gasteiger partial charge in [0.05, 0.1) is 4.90 Å². The molecule has 0 aromatic heterocycles. The number of likely N-dealkylation sites (tertiary alicyclic amines) is 1. The molecule has 0 radical (unpaired) electrons. The zero-order valence-corrected chi connectivity index (χ0v) is 23.9. The number of alkyl halides is 3. The van der Waals surface area contributed by atoms with Gasteiger partial charge >= 0.3 is 12.3 Å². The summed E-state index contributed by atoms with van der Waals surface area (Å²) in [6, 6.07) is 22.2. The molecular formula is C29H32ClF3N2O5S. The Hall–Kier alpha value is -3.12. The highest BCUT2D eigenvalue weighted by Crippen LogP contribution is 2.27. The number of halogens is 4. The van der Waals surface area contributed by atoms with Crippen LogP contribution in [0.4, 0.5) is 23.7 Å². The standard InChI is InChI=1S/C22H24ClF3N2O2.C7H8O3S/c23-18-8-10-19(11-9-18)27-21(29)30-20(22(24,25)26)15-28-12-4-7-17(14-28)13-16-5-2-1-3-6-16;1-6-4-2-3-5-7(6)11(8,9)10/h1-3,5-6,8-11,17,20H,4,7,12-15H2,(H,27,29);2-5H,1H3,(H,8,9,10)/t17-,20-;/m0./s1. The van der Waals surface area contributed by atoms with Crippen LogP contribution in [0.5, 0.6) is 0 Å². The van der Waals surface area contributed by atoms with Gasteiger partial charge < -0.3 is 4.74 Å². The van der Waals surface area contributed by atoms with E-state index in [-0.39, 0.29) is 17.4 Å². The molecule has 2 atom stereocenters. The minimum absolute atomic E-state index is 0.0278. The summed E-state index contributed by atoms with van der Waals surface area (Å²) in [4.78, 5) is 13.7. The third kappa shape index (κ3) is 11.0. The highest BCUT2D eigenvalue weighted by Gasteiger charge is 2.44. The van der Waals surface area contributed by atoms with Crippen molar-refractivity contribution in [2.24, 2.45) is 5.92 Å². The SMILES string of the molecule is Cc1ccccc1S(=O)(=O)O.O=C(Nc1ccc(Cl)cc1)O[C@@H](CN1CCC[C@@H](Cc2ccccc2)C1)C(F)(F)F. The molecule has 0 aliphatic carbocycles. The molecule has 0 spiro atoms. The van der Waals surface area contributed by atoms with Gasteiger partial charge in [0.1, 0.15) is 0 Å². The fourth-order valence-electron chi connectivity index (χ4n) is 4.53. The quantitative estimate of drug-likeness (QED) is 0.279. The fraction of sp³-hybridized carbons (Fsp3) is 0.345.